The van der Waals surface area contributed by atoms with E-state index in [-0.39, 0.29) is 0 Å². The molecule has 1 aliphatic rings. The maximum atomic E-state index is 9.59. The molecule has 0 aliphatic heterocycles. The van der Waals surface area contributed by atoms with Crippen LogP contribution in [0.5, 0.6) is 0 Å². The van der Waals surface area contributed by atoms with E-state index in [1.54, 1.807) is 6.92 Å². The number of rotatable bonds is 3. The molecule has 1 fully saturated rings. The molecule has 1 atom stereocenters. The summed E-state index contributed by atoms with van der Waals surface area (Å²) in [5.74, 6) is 0. The minimum Gasteiger partial charge on any atom is -0.389 e. The van der Waals surface area contributed by atoms with Crippen molar-refractivity contribution in [1.82, 2.24) is 0 Å². The molecule has 0 bridgehead atoms. The predicted octanol–water partition coefficient (Wildman–Crippen LogP) is 4.55. The molecule has 106 valence electrons. The zero-order valence-corrected chi connectivity index (χ0v) is 12.7. The van der Waals surface area contributed by atoms with Gasteiger partial charge in [-0.25, -0.2) is 0 Å². The molecule has 0 spiro atoms. The van der Waals surface area contributed by atoms with Crippen molar-refractivity contribution in [2.24, 2.45) is 0 Å². The molecule has 1 aromatic rings. The van der Waals surface area contributed by atoms with E-state index >= 15 is 0 Å². The maximum Gasteiger partial charge on any atom is 0.0762 e. The Morgan fingerprint density at radius 2 is 1.84 bits per heavy atom. The molecule has 1 saturated carbocycles. The van der Waals surface area contributed by atoms with Crippen LogP contribution in [-0.4, -0.2) is 18.2 Å². The summed E-state index contributed by atoms with van der Waals surface area (Å²) >= 11 is 6.38. The van der Waals surface area contributed by atoms with Gasteiger partial charge in [-0.3, -0.25) is 0 Å². The summed E-state index contributed by atoms with van der Waals surface area (Å²) in [5, 5.41) is 10.3. The van der Waals surface area contributed by atoms with E-state index in [1.165, 1.54) is 38.5 Å². The fraction of sp³-hybridized carbons (Fsp3) is 0.625. The Labute approximate surface area is 121 Å². The highest BCUT2D eigenvalue weighted by Crippen LogP contribution is 2.32. The van der Waals surface area contributed by atoms with Crippen LogP contribution < -0.4 is 4.90 Å². The maximum absolute atomic E-state index is 9.59. The molecule has 0 radical (unpaired) electrons. The van der Waals surface area contributed by atoms with E-state index in [2.05, 4.69) is 11.9 Å². The fourth-order valence-corrected chi connectivity index (χ4v) is 3.23. The summed E-state index contributed by atoms with van der Waals surface area (Å²) in [6.45, 7) is 1.76. The molecule has 1 unspecified atom stereocenters. The Morgan fingerprint density at radius 3 is 2.37 bits per heavy atom. The summed E-state index contributed by atoms with van der Waals surface area (Å²) in [5.41, 5.74) is 1.96. The standard InChI is InChI=1S/C16H24ClNO/c1-12(19)13-9-10-16(15(17)11-13)18(2)14-7-5-3-4-6-8-14/h9-12,14,19H,3-8H2,1-2H3. The molecular weight excluding hydrogens is 258 g/mol. The molecule has 1 N–H and O–H groups in total. The van der Waals surface area contributed by atoms with Gasteiger partial charge in [-0.15, -0.1) is 0 Å². The summed E-state index contributed by atoms with van der Waals surface area (Å²) in [6, 6.07) is 6.49. The quantitative estimate of drug-likeness (QED) is 0.822. The minimum absolute atomic E-state index is 0.463. The van der Waals surface area contributed by atoms with Crippen LogP contribution in [-0.2, 0) is 0 Å². The number of anilines is 1. The molecule has 2 rings (SSSR count). The average Bonchev–Trinajstić information content (AvgIpc) is 2.66. The van der Waals surface area contributed by atoms with Crippen molar-refractivity contribution in [2.75, 3.05) is 11.9 Å². The number of halogens is 1. The number of hydrogen-bond donors (Lipinski definition) is 1. The SMILES string of the molecule is CC(O)c1ccc(N(C)C2CCCCCC2)c(Cl)c1. The van der Waals surface area contributed by atoms with Crippen molar-refractivity contribution in [3.63, 3.8) is 0 Å². The molecule has 1 aromatic carbocycles. The Kier molecular flexibility index (Phi) is 5.12. The molecule has 0 heterocycles. The zero-order valence-electron chi connectivity index (χ0n) is 11.9. The van der Waals surface area contributed by atoms with Gasteiger partial charge < -0.3 is 10.0 Å². The highest BCUT2D eigenvalue weighted by Gasteiger charge is 2.19. The second kappa shape index (κ2) is 6.62. The molecule has 19 heavy (non-hydrogen) atoms. The average molecular weight is 282 g/mol. The molecular formula is C16H24ClNO. The van der Waals surface area contributed by atoms with Crippen molar-refractivity contribution in [3.05, 3.63) is 28.8 Å². The minimum atomic E-state index is -0.463. The number of nitrogens with zero attached hydrogens (tertiary/aromatic N) is 1. The lowest BCUT2D eigenvalue weighted by Crippen LogP contribution is -2.31. The Hall–Kier alpha value is -0.730. The van der Waals surface area contributed by atoms with E-state index in [0.717, 1.165) is 16.3 Å². The molecule has 1 aliphatic carbocycles. The van der Waals surface area contributed by atoms with E-state index in [0.29, 0.717) is 6.04 Å². The van der Waals surface area contributed by atoms with Crippen LogP contribution in [0.1, 0.15) is 57.1 Å². The van der Waals surface area contributed by atoms with Crippen LogP contribution in [0.2, 0.25) is 5.02 Å². The Balaban J connectivity index is 2.15. The van der Waals surface area contributed by atoms with Gasteiger partial charge in [0.25, 0.3) is 0 Å². The number of benzene rings is 1. The van der Waals surface area contributed by atoms with Crippen molar-refractivity contribution < 1.29 is 5.11 Å². The van der Waals surface area contributed by atoms with Crippen molar-refractivity contribution in [1.29, 1.82) is 0 Å². The summed E-state index contributed by atoms with van der Waals surface area (Å²) < 4.78 is 0. The first kappa shape index (κ1) is 14.7. The van der Waals surface area contributed by atoms with Crippen LogP contribution in [0, 0.1) is 0 Å². The topological polar surface area (TPSA) is 23.5 Å². The van der Waals surface area contributed by atoms with E-state index < -0.39 is 6.10 Å². The third-order valence-corrected chi connectivity index (χ3v) is 4.51. The number of aliphatic hydroxyl groups excluding tert-OH is 1. The first-order valence-electron chi connectivity index (χ1n) is 7.30. The summed E-state index contributed by atoms with van der Waals surface area (Å²) in [7, 11) is 2.14. The van der Waals surface area contributed by atoms with Gasteiger partial charge in [0.05, 0.1) is 16.8 Å². The molecule has 3 heteroatoms. The van der Waals surface area contributed by atoms with Crippen LogP contribution in [0.3, 0.4) is 0 Å². The zero-order chi connectivity index (χ0) is 13.8. The lowest BCUT2D eigenvalue weighted by atomic mass is 10.1. The third-order valence-electron chi connectivity index (χ3n) is 4.21. The van der Waals surface area contributed by atoms with E-state index in [1.807, 2.05) is 18.2 Å². The number of aliphatic hydroxyl groups is 1. The Morgan fingerprint density at radius 1 is 1.21 bits per heavy atom. The summed E-state index contributed by atoms with van der Waals surface area (Å²) in [4.78, 5) is 2.32. The van der Waals surface area contributed by atoms with Gasteiger partial charge in [-0.05, 0) is 37.5 Å². The normalized spacial score (nSPS) is 18.9. The lowest BCUT2D eigenvalue weighted by molar-refractivity contribution is 0.199. The first-order valence-corrected chi connectivity index (χ1v) is 7.67. The van der Waals surface area contributed by atoms with Gasteiger partial charge in [0.1, 0.15) is 0 Å². The van der Waals surface area contributed by atoms with Crippen LogP contribution in [0.25, 0.3) is 0 Å². The Bertz CT molecular complexity index is 411. The molecule has 2 nitrogen and oxygen atoms in total. The lowest BCUT2D eigenvalue weighted by Gasteiger charge is -2.30. The fourth-order valence-electron chi connectivity index (χ4n) is 2.91. The van der Waals surface area contributed by atoms with Crippen molar-refractivity contribution in [2.45, 2.75) is 57.6 Å². The van der Waals surface area contributed by atoms with Crippen molar-refractivity contribution >= 4 is 17.3 Å². The third kappa shape index (κ3) is 3.64. The van der Waals surface area contributed by atoms with Gasteiger partial charge in [0, 0.05) is 13.1 Å². The monoisotopic (exact) mass is 281 g/mol. The second-order valence-electron chi connectivity index (χ2n) is 5.64. The van der Waals surface area contributed by atoms with Gasteiger partial charge in [-0.1, -0.05) is 43.4 Å². The van der Waals surface area contributed by atoms with E-state index in [4.69, 9.17) is 11.6 Å². The first-order chi connectivity index (χ1) is 9.09. The largest absolute Gasteiger partial charge is 0.389 e. The smallest absolute Gasteiger partial charge is 0.0762 e. The summed E-state index contributed by atoms with van der Waals surface area (Å²) in [6.07, 6.45) is 7.40. The second-order valence-corrected chi connectivity index (χ2v) is 6.05. The van der Waals surface area contributed by atoms with Gasteiger partial charge in [0.15, 0.2) is 0 Å². The van der Waals surface area contributed by atoms with Gasteiger partial charge in [0.2, 0.25) is 0 Å². The van der Waals surface area contributed by atoms with Crippen LogP contribution in [0.15, 0.2) is 18.2 Å². The van der Waals surface area contributed by atoms with E-state index in [9.17, 15) is 5.11 Å². The van der Waals surface area contributed by atoms with Crippen LogP contribution >= 0.6 is 11.6 Å². The highest BCUT2D eigenvalue weighted by atomic mass is 35.5. The molecule has 0 amide bonds. The number of hydrogen-bond acceptors (Lipinski definition) is 2. The predicted molar refractivity (Wildman–Crippen MR) is 82.0 cm³/mol. The molecule has 0 saturated heterocycles. The van der Waals surface area contributed by atoms with Gasteiger partial charge >= 0.3 is 0 Å². The van der Waals surface area contributed by atoms with Crippen LogP contribution in [0.4, 0.5) is 5.69 Å². The highest BCUT2D eigenvalue weighted by molar-refractivity contribution is 6.33. The van der Waals surface area contributed by atoms with Crippen molar-refractivity contribution in [3.8, 4) is 0 Å². The van der Waals surface area contributed by atoms with Gasteiger partial charge in [-0.2, -0.15) is 0 Å². The molecule has 0 aromatic heterocycles.